The maximum absolute atomic E-state index is 12.5. The molecule has 1 atom stereocenters. The molecule has 1 aromatic carbocycles. The van der Waals surface area contributed by atoms with Crippen molar-refractivity contribution in [3.63, 3.8) is 0 Å². The van der Waals surface area contributed by atoms with Crippen molar-refractivity contribution in [1.82, 2.24) is 16.2 Å². The first-order valence-electron chi connectivity index (χ1n) is 9.70. The van der Waals surface area contributed by atoms with Crippen LogP contribution in [0.15, 0.2) is 24.3 Å². The largest absolute Gasteiger partial charge is 0.416 e. The Labute approximate surface area is 168 Å². The van der Waals surface area contributed by atoms with E-state index >= 15 is 0 Å². The molecule has 0 spiro atoms. The van der Waals surface area contributed by atoms with Crippen LogP contribution >= 0.6 is 0 Å². The molecule has 0 bridgehead atoms. The van der Waals surface area contributed by atoms with Crippen LogP contribution in [0.25, 0.3) is 0 Å². The number of hydrazine groups is 1. The summed E-state index contributed by atoms with van der Waals surface area (Å²) in [6.45, 7) is 4.75. The molecule has 0 heterocycles. The number of hydrogen-bond donors (Lipinski definition) is 3. The van der Waals surface area contributed by atoms with Gasteiger partial charge in [-0.05, 0) is 36.6 Å². The lowest BCUT2D eigenvalue weighted by molar-refractivity contribution is -0.137. The lowest BCUT2D eigenvalue weighted by atomic mass is 9.99. The van der Waals surface area contributed by atoms with Crippen LogP contribution in [0, 0.1) is 5.92 Å². The van der Waals surface area contributed by atoms with Crippen LogP contribution in [0.1, 0.15) is 68.3 Å². The van der Waals surface area contributed by atoms with Gasteiger partial charge in [0.25, 0.3) is 5.91 Å². The summed E-state index contributed by atoms with van der Waals surface area (Å²) in [5.41, 5.74) is 3.35. The molecule has 0 fully saturated rings. The van der Waals surface area contributed by atoms with Crippen LogP contribution in [0.2, 0.25) is 0 Å². The smallest absolute Gasteiger partial charge is 0.356 e. The fraction of sp³-hybridized carbons (Fsp3) is 0.550. The molecule has 3 amide bonds. The Morgan fingerprint density at radius 3 is 2.14 bits per heavy atom. The molecule has 0 aromatic heterocycles. The number of unbranched alkanes of at least 4 members (excludes halogenated alkanes) is 1. The van der Waals surface area contributed by atoms with E-state index in [1.807, 2.05) is 0 Å². The zero-order chi connectivity index (χ0) is 21.9. The molecule has 0 unspecified atom stereocenters. The molecule has 0 saturated carbocycles. The van der Waals surface area contributed by atoms with Gasteiger partial charge in [0, 0.05) is 24.9 Å². The predicted octanol–water partition coefficient (Wildman–Crippen LogP) is 3.58. The van der Waals surface area contributed by atoms with Gasteiger partial charge in [-0.2, -0.15) is 13.2 Å². The number of hydrogen-bond acceptors (Lipinski definition) is 3. The molecule has 6 nitrogen and oxygen atoms in total. The molecule has 3 N–H and O–H groups in total. The van der Waals surface area contributed by atoms with E-state index in [0.717, 1.165) is 49.9 Å². The zero-order valence-electron chi connectivity index (χ0n) is 16.7. The summed E-state index contributed by atoms with van der Waals surface area (Å²) < 4.78 is 37.5. The standard InChI is InChI=1S/C20H28F3N3O3/c1-3-5-6-14(4-2)13-24-17(27)11-12-18(28)25-26-19(29)15-7-9-16(10-8-15)20(21,22)23/h7-10,14H,3-6,11-13H2,1-2H3,(H,24,27)(H,25,28)(H,26,29)/t14-/m1/s1. The predicted molar refractivity (Wildman–Crippen MR) is 103 cm³/mol. The minimum Gasteiger partial charge on any atom is -0.356 e. The summed E-state index contributed by atoms with van der Waals surface area (Å²) >= 11 is 0. The molecule has 0 aliphatic rings. The van der Waals surface area contributed by atoms with E-state index in [2.05, 4.69) is 30.0 Å². The van der Waals surface area contributed by atoms with E-state index in [9.17, 15) is 27.6 Å². The van der Waals surface area contributed by atoms with Crippen LogP contribution in [-0.4, -0.2) is 24.3 Å². The van der Waals surface area contributed by atoms with Crippen molar-refractivity contribution >= 4 is 17.7 Å². The topological polar surface area (TPSA) is 87.3 Å². The highest BCUT2D eigenvalue weighted by Gasteiger charge is 2.30. The Morgan fingerprint density at radius 1 is 0.966 bits per heavy atom. The molecule has 9 heteroatoms. The van der Waals surface area contributed by atoms with Gasteiger partial charge in [-0.25, -0.2) is 0 Å². The van der Waals surface area contributed by atoms with Crippen molar-refractivity contribution in [3.8, 4) is 0 Å². The average Bonchev–Trinajstić information content (AvgIpc) is 2.70. The second-order valence-electron chi connectivity index (χ2n) is 6.80. The molecule has 1 aromatic rings. The Balaban J connectivity index is 2.32. The second kappa shape index (κ2) is 12.1. The minimum atomic E-state index is -4.49. The first-order valence-corrected chi connectivity index (χ1v) is 9.70. The highest BCUT2D eigenvalue weighted by Crippen LogP contribution is 2.29. The van der Waals surface area contributed by atoms with Crippen molar-refractivity contribution in [2.45, 2.75) is 58.5 Å². The third kappa shape index (κ3) is 9.45. The fourth-order valence-corrected chi connectivity index (χ4v) is 2.59. The zero-order valence-corrected chi connectivity index (χ0v) is 16.7. The molecule has 0 saturated heterocycles. The number of benzene rings is 1. The second-order valence-corrected chi connectivity index (χ2v) is 6.80. The van der Waals surface area contributed by atoms with Crippen LogP contribution in [0.3, 0.4) is 0 Å². The molecule has 0 radical (unpaired) electrons. The lowest BCUT2D eigenvalue weighted by Crippen LogP contribution is -2.42. The van der Waals surface area contributed by atoms with Crippen molar-refractivity contribution in [2.24, 2.45) is 5.92 Å². The molecule has 29 heavy (non-hydrogen) atoms. The van der Waals surface area contributed by atoms with Gasteiger partial charge in [0.2, 0.25) is 11.8 Å². The number of amides is 3. The van der Waals surface area contributed by atoms with Gasteiger partial charge in [-0.1, -0.05) is 33.1 Å². The van der Waals surface area contributed by atoms with Gasteiger partial charge in [0.15, 0.2) is 0 Å². The van der Waals surface area contributed by atoms with Crippen molar-refractivity contribution < 1.29 is 27.6 Å². The Morgan fingerprint density at radius 2 is 1.59 bits per heavy atom. The number of rotatable bonds is 10. The summed E-state index contributed by atoms with van der Waals surface area (Å²) in [5, 5.41) is 2.81. The van der Waals surface area contributed by atoms with Crippen LogP contribution in [0.4, 0.5) is 13.2 Å². The third-order valence-electron chi connectivity index (χ3n) is 4.50. The van der Waals surface area contributed by atoms with E-state index in [4.69, 9.17) is 0 Å². The summed E-state index contributed by atoms with van der Waals surface area (Å²) in [6.07, 6.45) is -0.410. The summed E-state index contributed by atoms with van der Waals surface area (Å²) in [6, 6.07) is 3.59. The minimum absolute atomic E-state index is 0.0216. The van der Waals surface area contributed by atoms with Gasteiger partial charge in [-0.3, -0.25) is 25.2 Å². The molecular formula is C20H28F3N3O3. The van der Waals surface area contributed by atoms with Gasteiger partial charge < -0.3 is 5.32 Å². The highest BCUT2D eigenvalue weighted by atomic mass is 19.4. The number of halogens is 3. The van der Waals surface area contributed by atoms with E-state index in [1.165, 1.54) is 0 Å². The monoisotopic (exact) mass is 415 g/mol. The van der Waals surface area contributed by atoms with Crippen LogP contribution in [-0.2, 0) is 15.8 Å². The summed E-state index contributed by atoms with van der Waals surface area (Å²) in [5.74, 6) is -1.16. The summed E-state index contributed by atoms with van der Waals surface area (Å²) in [7, 11) is 0. The number of alkyl halides is 3. The first-order chi connectivity index (χ1) is 13.7. The Bertz CT molecular complexity index is 676. The van der Waals surface area contributed by atoms with Gasteiger partial charge in [0.1, 0.15) is 0 Å². The van der Waals surface area contributed by atoms with Gasteiger partial charge >= 0.3 is 6.18 Å². The van der Waals surface area contributed by atoms with Crippen molar-refractivity contribution in [2.75, 3.05) is 6.54 Å². The fourth-order valence-electron chi connectivity index (χ4n) is 2.59. The van der Waals surface area contributed by atoms with E-state index in [-0.39, 0.29) is 24.3 Å². The number of nitrogens with one attached hydrogen (secondary N) is 3. The van der Waals surface area contributed by atoms with Gasteiger partial charge in [0.05, 0.1) is 5.56 Å². The van der Waals surface area contributed by atoms with E-state index in [0.29, 0.717) is 12.5 Å². The molecule has 0 aliphatic carbocycles. The molecular weight excluding hydrogens is 387 g/mol. The van der Waals surface area contributed by atoms with E-state index in [1.54, 1.807) is 0 Å². The van der Waals surface area contributed by atoms with Crippen LogP contribution < -0.4 is 16.2 Å². The molecule has 1 rings (SSSR count). The third-order valence-corrected chi connectivity index (χ3v) is 4.50. The summed E-state index contributed by atoms with van der Waals surface area (Å²) in [4.78, 5) is 35.5. The number of carbonyl (C=O) groups is 3. The van der Waals surface area contributed by atoms with E-state index < -0.39 is 23.6 Å². The Kier molecular flexibility index (Phi) is 10.2. The van der Waals surface area contributed by atoms with Crippen molar-refractivity contribution in [1.29, 1.82) is 0 Å². The van der Waals surface area contributed by atoms with Crippen LogP contribution in [0.5, 0.6) is 0 Å². The normalized spacial score (nSPS) is 12.2. The average molecular weight is 415 g/mol. The maximum atomic E-state index is 12.5. The Hall–Kier alpha value is -2.58. The molecule has 162 valence electrons. The quantitative estimate of drug-likeness (QED) is 0.511. The highest BCUT2D eigenvalue weighted by molar-refractivity contribution is 5.95. The molecule has 0 aliphatic heterocycles. The first kappa shape index (κ1) is 24.5. The van der Waals surface area contributed by atoms with Crippen molar-refractivity contribution in [3.05, 3.63) is 35.4 Å². The SMILES string of the molecule is CCCC[C@@H](CC)CNC(=O)CCC(=O)NNC(=O)c1ccc(C(F)(F)F)cc1. The maximum Gasteiger partial charge on any atom is 0.416 e. The lowest BCUT2D eigenvalue weighted by Gasteiger charge is -2.15. The number of carbonyl (C=O) groups excluding carboxylic acids is 3. The van der Waals surface area contributed by atoms with Gasteiger partial charge in [-0.15, -0.1) is 0 Å².